The lowest BCUT2D eigenvalue weighted by Gasteiger charge is -2.46. The number of ether oxygens (including phenoxy) is 2. The van der Waals surface area contributed by atoms with Gasteiger partial charge in [0.05, 0.1) is 25.3 Å². The van der Waals surface area contributed by atoms with E-state index in [1.165, 1.54) is 5.57 Å². The molecular weight excluding hydrogens is 218 g/mol. The first-order valence-electron chi connectivity index (χ1n) is 6.12. The Morgan fingerprint density at radius 3 is 2.35 bits per heavy atom. The van der Waals surface area contributed by atoms with Gasteiger partial charge in [-0.3, -0.25) is 4.90 Å². The highest BCUT2D eigenvalue weighted by Crippen LogP contribution is 2.31. The minimum Gasteiger partial charge on any atom is -0.444 e. The van der Waals surface area contributed by atoms with Gasteiger partial charge in [-0.1, -0.05) is 12.2 Å². The molecule has 4 heteroatoms. The summed E-state index contributed by atoms with van der Waals surface area (Å²) in [6.07, 6.45) is 1.44. The fraction of sp³-hybridized carbons (Fsp3) is 0.769. The van der Waals surface area contributed by atoms with Gasteiger partial charge in [-0.05, 0) is 33.6 Å². The molecule has 0 spiro atoms. The zero-order valence-electron chi connectivity index (χ0n) is 10.9. The molecule has 2 atom stereocenters. The minimum atomic E-state index is -0.444. The van der Waals surface area contributed by atoms with Crippen molar-refractivity contribution < 1.29 is 14.3 Å². The lowest BCUT2D eigenvalue weighted by molar-refractivity contribution is -0.0691. The van der Waals surface area contributed by atoms with E-state index in [4.69, 9.17) is 9.47 Å². The van der Waals surface area contributed by atoms with Crippen LogP contribution in [-0.4, -0.2) is 41.9 Å². The lowest BCUT2D eigenvalue weighted by Crippen LogP contribution is -2.58. The molecule has 0 aromatic rings. The molecule has 0 aromatic heterocycles. The Morgan fingerprint density at radius 2 is 1.88 bits per heavy atom. The molecule has 2 saturated heterocycles. The fourth-order valence-electron chi connectivity index (χ4n) is 2.48. The highest BCUT2D eigenvalue weighted by molar-refractivity contribution is 5.69. The summed E-state index contributed by atoms with van der Waals surface area (Å²) < 4.78 is 11.0. The predicted molar refractivity (Wildman–Crippen MR) is 64.8 cm³/mol. The first-order chi connectivity index (χ1) is 7.87. The van der Waals surface area contributed by atoms with Crippen LogP contribution in [-0.2, 0) is 9.47 Å². The molecule has 17 heavy (non-hydrogen) atoms. The first-order valence-corrected chi connectivity index (χ1v) is 6.12. The molecule has 0 N–H and O–H groups in total. The Labute approximate surface area is 103 Å². The third-order valence-electron chi connectivity index (χ3n) is 3.06. The number of carbonyl (C=O) groups is 1. The average Bonchev–Trinajstić information content (AvgIpc) is 2.12. The van der Waals surface area contributed by atoms with Gasteiger partial charge in [-0.2, -0.15) is 0 Å². The van der Waals surface area contributed by atoms with Crippen molar-refractivity contribution in [2.24, 2.45) is 0 Å². The van der Waals surface area contributed by atoms with Gasteiger partial charge in [-0.15, -0.1) is 0 Å². The van der Waals surface area contributed by atoms with E-state index >= 15 is 0 Å². The number of nitrogens with zero attached hydrogens (tertiary/aromatic N) is 1. The van der Waals surface area contributed by atoms with E-state index in [1.807, 2.05) is 25.7 Å². The summed E-state index contributed by atoms with van der Waals surface area (Å²) in [7, 11) is 0. The zero-order valence-corrected chi connectivity index (χ0v) is 10.9. The van der Waals surface area contributed by atoms with Crippen molar-refractivity contribution in [3.63, 3.8) is 0 Å². The maximum Gasteiger partial charge on any atom is 0.410 e. The second-order valence-electron chi connectivity index (χ2n) is 5.89. The lowest BCUT2D eigenvalue weighted by atomic mass is 9.91. The number of morpholine rings is 1. The van der Waals surface area contributed by atoms with Crippen LogP contribution >= 0.6 is 0 Å². The smallest absolute Gasteiger partial charge is 0.410 e. The van der Waals surface area contributed by atoms with Crippen LogP contribution in [0.3, 0.4) is 0 Å². The van der Waals surface area contributed by atoms with E-state index < -0.39 is 5.60 Å². The predicted octanol–water partition coefficient (Wildman–Crippen LogP) is 2.34. The summed E-state index contributed by atoms with van der Waals surface area (Å²) in [6, 6.07) is 0.203. The van der Waals surface area contributed by atoms with Crippen molar-refractivity contribution in [2.45, 2.75) is 51.3 Å². The quantitative estimate of drug-likeness (QED) is 0.609. The molecule has 2 bridgehead atoms. The van der Waals surface area contributed by atoms with Crippen LogP contribution in [0.25, 0.3) is 0 Å². The SMILES string of the molecule is C=C1CC2COCC(C1)N2C(=O)OC(C)(C)C. The number of rotatable bonds is 0. The van der Waals surface area contributed by atoms with Gasteiger partial charge >= 0.3 is 6.09 Å². The van der Waals surface area contributed by atoms with E-state index in [1.54, 1.807) is 0 Å². The van der Waals surface area contributed by atoms with Crippen molar-refractivity contribution in [1.82, 2.24) is 4.90 Å². The molecule has 2 fully saturated rings. The number of carbonyl (C=O) groups excluding carboxylic acids is 1. The van der Waals surface area contributed by atoms with Crippen molar-refractivity contribution in [1.29, 1.82) is 0 Å². The largest absolute Gasteiger partial charge is 0.444 e. The summed E-state index contributed by atoms with van der Waals surface area (Å²) in [5.41, 5.74) is 0.767. The van der Waals surface area contributed by atoms with E-state index in [-0.39, 0.29) is 18.2 Å². The molecule has 0 radical (unpaired) electrons. The summed E-state index contributed by atoms with van der Waals surface area (Å²) >= 11 is 0. The van der Waals surface area contributed by atoms with Crippen LogP contribution in [0.5, 0.6) is 0 Å². The normalized spacial score (nSPS) is 29.1. The van der Waals surface area contributed by atoms with Gasteiger partial charge in [0.2, 0.25) is 0 Å². The zero-order chi connectivity index (χ0) is 12.6. The Bertz CT molecular complexity index is 316. The molecule has 0 saturated carbocycles. The summed E-state index contributed by atoms with van der Waals surface area (Å²) in [6.45, 7) is 10.9. The van der Waals surface area contributed by atoms with Crippen LogP contribution in [0.4, 0.5) is 4.79 Å². The Balaban J connectivity index is 2.09. The van der Waals surface area contributed by atoms with Gasteiger partial charge in [0, 0.05) is 0 Å². The summed E-state index contributed by atoms with van der Waals surface area (Å²) in [5, 5.41) is 0. The fourth-order valence-corrected chi connectivity index (χ4v) is 2.48. The maximum atomic E-state index is 12.2. The van der Waals surface area contributed by atoms with Crippen LogP contribution in [0.1, 0.15) is 33.6 Å². The molecule has 0 aromatic carbocycles. The van der Waals surface area contributed by atoms with E-state index in [9.17, 15) is 4.79 Å². The van der Waals surface area contributed by atoms with Crippen molar-refractivity contribution >= 4 is 6.09 Å². The standard InChI is InChI=1S/C13H21NO3/c1-9-5-10-7-16-8-11(6-9)14(10)12(15)17-13(2,3)4/h10-11H,1,5-8H2,2-4H3. The number of fused-ring (bicyclic) bond motifs is 2. The van der Waals surface area contributed by atoms with Crippen LogP contribution < -0.4 is 0 Å². The van der Waals surface area contributed by atoms with E-state index in [2.05, 4.69) is 6.58 Å². The van der Waals surface area contributed by atoms with Gasteiger partial charge in [0.15, 0.2) is 0 Å². The van der Waals surface area contributed by atoms with E-state index in [0.29, 0.717) is 13.2 Å². The van der Waals surface area contributed by atoms with Crippen molar-refractivity contribution in [3.05, 3.63) is 12.2 Å². The highest BCUT2D eigenvalue weighted by atomic mass is 16.6. The highest BCUT2D eigenvalue weighted by Gasteiger charge is 2.40. The molecule has 2 aliphatic heterocycles. The number of piperidine rings is 1. The Morgan fingerprint density at radius 1 is 1.35 bits per heavy atom. The van der Waals surface area contributed by atoms with Crippen LogP contribution in [0.15, 0.2) is 12.2 Å². The molecule has 96 valence electrons. The molecule has 1 amide bonds. The minimum absolute atomic E-state index is 0.102. The third-order valence-corrected chi connectivity index (χ3v) is 3.06. The molecule has 2 unspecified atom stereocenters. The molecule has 2 heterocycles. The van der Waals surface area contributed by atoms with Gasteiger partial charge < -0.3 is 9.47 Å². The van der Waals surface area contributed by atoms with Gasteiger partial charge in [-0.25, -0.2) is 4.79 Å². The van der Waals surface area contributed by atoms with Crippen LogP contribution in [0.2, 0.25) is 0 Å². The van der Waals surface area contributed by atoms with Gasteiger partial charge in [0.1, 0.15) is 5.60 Å². The van der Waals surface area contributed by atoms with Crippen molar-refractivity contribution in [2.75, 3.05) is 13.2 Å². The molecule has 2 aliphatic rings. The summed E-state index contributed by atoms with van der Waals surface area (Å²) in [4.78, 5) is 14.0. The third kappa shape index (κ3) is 2.80. The number of hydrogen-bond donors (Lipinski definition) is 0. The monoisotopic (exact) mass is 239 g/mol. The summed E-state index contributed by atoms with van der Waals surface area (Å²) in [5.74, 6) is 0. The molecule has 0 aliphatic carbocycles. The van der Waals surface area contributed by atoms with Crippen LogP contribution in [0, 0.1) is 0 Å². The Kier molecular flexibility index (Phi) is 3.17. The molecule has 2 rings (SSSR count). The molecular formula is C13H21NO3. The first kappa shape index (κ1) is 12.4. The average molecular weight is 239 g/mol. The molecule has 4 nitrogen and oxygen atoms in total. The second-order valence-corrected chi connectivity index (χ2v) is 5.89. The Hall–Kier alpha value is -1.03. The topological polar surface area (TPSA) is 38.8 Å². The van der Waals surface area contributed by atoms with E-state index in [0.717, 1.165) is 12.8 Å². The van der Waals surface area contributed by atoms with Gasteiger partial charge in [0.25, 0.3) is 0 Å². The number of hydrogen-bond acceptors (Lipinski definition) is 3. The number of amides is 1. The van der Waals surface area contributed by atoms with Crippen molar-refractivity contribution in [3.8, 4) is 0 Å². The second kappa shape index (κ2) is 4.33. The maximum absolute atomic E-state index is 12.2.